The van der Waals surface area contributed by atoms with E-state index in [4.69, 9.17) is 0 Å². The maximum Gasteiger partial charge on any atom is 0.223 e. The zero-order valence-corrected chi connectivity index (χ0v) is 13.4. The van der Waals surface area contributed by atoms with E-state index in [0.717, 1.165) is 24.7 Å². The first kappa shape index (κ1) is 14.5. The first-order valence-corrected chi connectivity index (χ1v) is 9.26. The molecule has 0 radical (unpaired) electrons. The molecular weight excluding hydrogens is 276 g/mol. The van der Waals surface area contributed by atoms with E-state index in [1.165, 1.54) is 38.5 Å². The molecule has 2 amide bonds. The van der Waals surface area contributed by atoms with E-state index in [0.29, 0.717) is 24.9 Å². The third-order valence-corrected chi connectivity index (χ3v) is 6.87. The normalized spacial score (nSPS) is 41.8. The van der Waals surface area contributed by atoms with Crippen LogP contribution in [0.3, 0.4) is 0 Å². The molecule has 4 aliphatic rings. The molecule has 2 N–H and O–H groups in total. The Kier molecular flexibility index (Phi) is 3.87. The fraction of sp³-hybridized carbons (Fsp3) is 0.889. The van der Waals surface area contributed by atoms with Gasteiger partial charge in [0.05, 0.1) is 0 Å². The van der Waals surface area contributed by atoms with Crippen LogP contribution in [-0.4, -0.2) is 24.9 Å². The highest BCUT2D eigenvalue weighted by atomic mass is 16.2. The molecule has 4 bridgehead atoms. The van der Waals surface area contributed by atoms with Crippen molar-refractivity contribution in [3.05, 3.63) is 0 Å². The van der Waals surface area contributed by atoms with Gasteiger partial charge in [-0.1, -0.05) is 12.8 Å². The summed E-state index contributed by atoms with van der Waals surface area (Å²) in [5.41, 5.74) is 0. The molecule has 0 saturated heterocycles. The van der Waals surface area contributed by atoms with Crippen LogP contribution in [0.2, 0.25) is 0 Å². The quantitative estimate of drug-likeness (QED) is 0.764. The summed E-state index contributed by atoms with van der Waals surface area (Å²) in [6, 6.07) is 0. The second-order valence-corrected chi connectivity index (χ2v) is 8.14. The summed E-state index contributed by atoms with van der Waals surface area (Å²) in [5.74, 6) is 3.82. The smallest absolute Gasteiger partial charge is 0.223 e. The lowest BCUT2D eigenvalue weighted by Crippen LogP contribution is -2.41. The second-order valence-electron chi connectivity index (χ2n) is 8.14. The van der Waals surface area contributed by atoms with Crippen molar-refractivity contribution in [3.8, 4) is 0 Å². The van der Waals surface area contributed by atoms with Crippen molar-refractivity contribution in [1.82, 2.24) is 10.6 Å². The van der Waals surface area contributed by atoms with Gasteiger partial charge in [-0.25, -0.2) is 0 Å². The van der Waals surface area contributed by atoms with Gasteiger partial charge >= 0.3 is 0 Å². The van der Waals surface area contributed by atoms with Crippen LogP contribution >= 0.6 is 0 Å². The van der Waals surface area contributed by atoms with Crippen LogP contribution < -0.4 is 10.6 Å². The highest BCUT2D eigenvalue weighted by Crippen LogP contribution is 2.49. The van der Waals surface area contributed by atoms with Crippen LogP contribution in [0.4, 0.5) is 0 Å². The Morgan fingerprint density at radius 2 is 1.14 bits per heavy atom. The van der Waals surface area contributed by atoms with Crippen LogP contribution in [0.5, 0.6) is 0 Å². The van der Waals surface area contributed by atoms with Crippen LogP contribution in [0.25, 0.3) is 0 Å². The van der Waals surface area contributed by atoms with E-state index in [1.807, 2.05) is 0 Å². The summed E-state index contributed by atoms with van der Waals surface area (Å²) >= 11 is 0. The summed E-state index contributed by atoms with van der Waals surface area (Å²) in [4.78, 5) is 24.4. The van der Waals surface area contributed by atoms with E-state index in [-0.39, 0.29) is 23.7 Å². The van der Waals surface area contributed by atoms with Crippen LogP contribution in [0.1, 0.15) is 51.4 Å². The molecule has 4 rings (SSSR count). The molecule has 0 aromatic carbocycles. The van der Waals surface area contributed by atoms with Crippen molar-refractivity contribution >= 4 is 11.8 Å². The highest BCUT2D eigenvalue weighted by molar-refractivity contribution is 5.80. The fourth-order valence-electron chi connectivity index (χ4n) is 5.77. The Balaban J connectivity index is 1.15. The molecule has 0 aromatic heterocycles. The Morgan fingerprint density at radius 1 is 0.682 bits per heavy atom. The minimum absolute atomic E-state index is 0.223. The number of hydrogen-bond acceptors (Lipinski definition) is 2. The molecule has 4 saturated carbocycles. The number of amides is 2. The number of carbonyl (C=O) groups excluding carboxylic acids is 2. The Labute approximate surface area is 132 Å². The van der Waals surface area contributed by atoms with Crippen molar-refractivity contribution in [2.45, 2.75) is 51.4 Å². The molecular formula is C18H28N2O2. The largest absolute Gasteiger partial charge is 0.354 e. The maximum absolute atomic E-state index is 12.2. The molecule has 122 valence electrons. The monoisotopic (exact) mass is 304 g/mol. The van der Waals surface area contributed by atoms with E-state index in [2.05, 4.69) is 10.6 Å². The number of rotatable bonds is 5. The molecule has 4 fully saturated rings. The van der Waals surface area contributed by atoms with Gasteiger partial charge in [-0.05, 0) is 62.2 Å². The van der Waals surface area contributed by atoms with Gasteiger partial charge < -0.3 is 10.6 Å². The number of fused-ring (bicyclic) bond motifs is 4. The van der Waals surface area contributed by atoms with Crippen molar-refractivity contribution in [3.63, 3.8) is 0 Å². The summed E-state index contributed by atoms with van der Waals surface area (Å²) in [5, 5.41) is 6.07. The Morgan fingerprint density at radius 3 is 1.45 bits per heavy atom. The molecule has 0 aliphatic heterocycles. The molecule has 0 aromatic rings. The topological polar surface area (TPSA) is 58.2 Å². The second kappa shape index (κ2) is 5.86. The Bertz CT molecular complexity index is 422. The molecule has 4 aliphatic carbocycles. The fourth-order valence-corrected chi connectivity index (χ4v) is 5.77. The van der Waals surface area contributed by atoms with Crippen LogP contribution in [0.15, 0.2) is 0 Å². The molecule has 22 heavy (non-hydrogen) atoms. The van der Waals surface area contributed by atoms with Gasteiger partial charge in [0.2, 0.25) is 11.8 Å². The van der Waals surface area contributed by atoms with E-state index in [1.54, 1.807) is 0 Å². The van der Waals surface area contributed by atoms with Crippen LogP contribution in [-0.2, 0) is 9.59 Å². The lowest BCUT2D eigenvalue weighted by Gasteiger charge is -2.22. The molecule has 4 nitrogen and oxygen atoms in total. The standard InChI is InChI=1S/C18H28N2O2/c21-17(15-9-11-1-3-13(15)7-11)19-5-6-20-18(22)16-10-12-2-4-14(16)8-12/h11-16H,1-10H2,(H,19,21)(H,20,22)/t11-,12-,13-,14-,15-,16+/m1/s1. The maximum atomic E-state index is 12.2. The summed E-state index contributed by atoms with van der Waals surface area (Å²) < 4.78 is 0. The lowest BCUT2D eigenvalue weighted by atomic mass is 9.88. The predicted molar refractivity (Wildman–Crippen MR) is 83.9 cm³/mol. The average Bonchev–Trinajstić information content (AvgIpc) is 3.30. The number of carbonyl (C=O) groups is 2. The minimum Gasteiger partial charge on any atom is -0.354 e. The highest BCUT2D eigenvalue weighted by Gasteiger charge is 2.43. The average molecular weight is 304 g/mol. The molecule has 4 heteroatoms. The van der Waals surface area contributed by atoms with Gasteiger partial charge in [0.15, 0.2) is 0 Å². The minimum atomic E-state index is 0.223. The zero-order valence-electron chi connectivity index (χ0n) is 13.4. The molecule has 0 unspecified atom stereocenters. The predicted octanol–water partition coefficient (Wildman–Crippen LogP) is 2.09. The van der Waals surface area contributed by atoms with Crippen molar-refractivity contribution in [2.24, 2.45) is 35.5 Å². The van der Waals surface area contributed by atoms with Gasteiger partial charge in [-0.3, -0.25) is 9.59 Å². The molecule has 0 spiro atoms. The first-order valence-electron chi connectivity index (χ1n) is 9.26. The van der Waals surface area contributed by atoms with Crippen molar-refractivity contribution < 1.29 is 9.59 Å². The first-order chi connectivity index (χ1) is 10.7. The summed E-state index contributed by atoms with van der Waals surface area (Å²) in [7, 11) is 0. The molecule has 0 heterocycles. The SMILES string of the molecule is O=C(NCCNC(=O)[C@@H]1C[C@@H]2CC[C@@H]1C2)[C@H]1C[C@@H]2CC[C@@H]1C2. The third kappa shape index (κ3) is 2.65. The third-order valence-electron chi connectivity index (χ3n) is 6.87. The van der Waals surface area contributed by atoms with Crippen molar-refractivity contribution in [1.29, 1.82) is 0 Å². The van der Waals surface area contributed by atoms with Gasteiger partial charge in [0, 0.05) is 24.9 Å². The molecule has 6 atom stereocenters. The van der Waals surface area contributed by atoms with Crippen LogP contribution in [0, 0.1) is 35.5 Å². The van der Waals surface area contributed by atoms with Crippen molar-refractivity contribution in [2.75, 3.05) is 13.1 Å². The van der Waals surface area contributed by atoms with Gasteiger partial charge in [-0.2, -0.15) is 0 Å². The van der Waals surface area contributed by atoms with Gasteiger partial charge in [0.25, 0.3) is 0 Å². The number of nitrogens with one attached hydrogen (secondary N) is 2. The summed E-state index contributed by atoms with van der Waals surface area (Å²) in [6.07, 6.45) is 9.84. The van der Waals surface area contributed by atoms with Gasteiger partial charge in [0.1, 0.15) is 0 Å². The zero-order chi connectivity index (χ0) is 15.1. The number of hydrogen-bond donors (Lipinski definition) is 2. The summed E-state index contributed by atoms with van der Waals surface area (Å²) in [6.45, 7) is 1.17. The van der Waals surface area contributed by atoms with E-state index < -0.39 is 0 Å². The van der Waals surface area contributed by atoms with E-state index in [9.17, 15) is 9.59 Å². The van der Waals surface area contributed by atoms with Gasteiger partial charge in [-0.15, -0.1) is 0 Å². The van der Waals surface area contributed by atoms with E-state index >= 15 is 0 Å². The Hall–Kier alpha value is -1.06. The lowest BCUT2D eigenvalue weighted by molar-refractivity contribution is -0.128.